The number of urea groups is 1. The van der Waals surface area contributed by atoms with Crippen LogP contribution in [-0.4, -0.2) is 40.7 Å². The molecule has 0 fully saturated rings. The van der Waals surface area contributed by atoms with E-state index in [2.05, 4.69) is 10.3 Å². The summed E-state index contributed by atoms with van der Waals surface area (Å²) < 4.78 is 0. The van der Waals surface area contributed by atoms with Crippen LogP contribution in [0.2, 0.25) is 0 Å². The number of hydrogen-bond donors (Lipinski definition) is 2. The van der Waals surface area contributed by atoms with Crippen molar-refractivity contribution in [1.82, 2.24) is 15.2 Å². The molecule has 2 amide bonds. The van der Waals surface area contributed by atoms with Crippen molar-refractivity contribution >= 4 is 6.03 Å². The molecule has 5 nitrogen and oxygen atoms in total. The standard InChI is InChI=1S/C12H19N3O2/c1-3-15(7-8-16)12(17)14-9-11-10(2)5-4-6-13-11/h4-6,16H,3,7-9H2,1-2H3,(H,14,17). The highest BCUT2D eigenvalue weighted by molar-refractivity contribution is 5.74. The zero-order valence-electron chi connectivity index (χ0n) is 10.3. The van der Waals surface area contributed by atoms with E-state index in [1.54, 1.807) is 11.1 Å². The van der Waals surface area contributed by atoms with E-state index in [4.69, 9.17) is 5.11 Å². The van der Waals surface area contributed by atoms with Crippen LogP contribution < -0.4 is 5.32 Å². The van der Waals surface area contributed by atoms with Gasteiger partial charge in [-0.05, 0) is 25.5 Å². The maximum Gasteiger partial charge on any atom is 0.317 e. The number of amides is 2. The van der Waals surface area contributed by atoms with Gasteiger partial charge >= 0.3 is 6.03 Å². The zero-order chi connectivity index (χ0) is 12.7. The highest BCUT2D eigenvalue weighted by Crippen LogP contribution is 2.02. The number of pyridine rings is 1. The molecule has 0 spiro atoms. The Kier molecular flexibility index (Phi) is 5.42. The summed E-state index contributed by atoms with van der Waals surface area (Å²) in [4.78, 5) is 17.5. The van der Waals surface area contributed by atoms with Crippen molar-refractivity contribution in [2.75, 3.05) is 19.7 Å². The molecule has 0 aliphatic rings. The number of aliphatic hydroxyl groups excluding tert-OH is 1. The molecule has 1 aromatic heterocycles. The van der Waals surface area contributed by atoms with Gasteiger partial charge in [0, 0.05) is 19.3 Å². The average molecular weight is 237 g/mol. The average Bonchev–Trinajstić information content (AvgIpc) is 2.34. The first-order valence-electron chi connectivity index (χ1n) is 5.73. The topological polar surface area (TPSA) is 65.5 Å². The van der Waals surface area contributed by atoms with Gasteiger partial charge in [0.25, 0.3) is 0 Å². The predicted octanol–water partition coefficient (Wildman–Crippen LogP) is 0.914. The summed E-state index contributed by atoms with van der Waals surface area (Å²) in [6.07, 6.45) is 1.71. The number of aryl methyl sites for hydroxylation is 1. The lowest BCUT2D eigenvalue weighted by atomic mass is 10.2. The Balaban J connectivity index is 2.50. The normalized spacial score (nSPS) is 10.1. The third-order valence-electron chi connectivity index (χ3n) is 2.56. The summed E-state index contributed by atoms with van der Waals surface area (Å²) in [6.45, 7) is 5.15. The Morgan fingerprint density at radius 2 is 2.35 bits per heavy atom. The molecule has 0 unspecified atom stereocenters. The third kappa shape index (κ3) is 4.03. The maximum atomic E-state index is 11.7. The van der Waals surface area contributed by atoms with E-state index in [-0.39, 0.29) is 12.6 Å². The molecular weight excluding hydrogens is 218 g/mol. The number of aromatic nitrogens is 1. The van der Waals surface area contributed by atoms with Crippen LogP contribution >= 0.6 is 0 Å². The van der Waals surface area contributed by atoms with Crippen LogP contribution in [0.15, 0.2) is 18.3 Å². The molecule has 0 aromatic carbocycles. The molecule has 5 heteroatoms. The molecule has 0 aliphatic heterocycles. The van der Waals surface area contributed by atoms with Crippen molar-refractivity contribution in [2.24, 2.45) is 0 Å². The molecular formula is C12H19N3O2. The van der Waals surface area contributed by atoms with Gasteiger partial charge in [-0.1, -0.05) is 6.07 Å². The fourth-order valence-corrected chi connectivity index (χ4v) is 1.50. The predicted molar refractivity (Wildman–Crippen MR) is 65.5 cm³/mol. The van der Waals surface area contributed by atoms with E-state index in [9.17, 15) is 4.79 Å². The lowest BCUT2D eigenvalue weighted by Crippen LogP contribution is -2.41. The van der Waals surface area contributed by atoms with Gasteiger partial charge in [0.05, 0.1) is 18.8 Å². The number of nitrogens with zero attached hydrogens (tertiary/aromatic N) is 2. The fraction of sp³-hybridized carbons (Fsp3) is 0.500. The number of hydrogen-bond acceptors (Lipinski definition) is 3. The molecule has 94 valence electrons. The van der Waals surface area contributed by atoms with Crippen molar-refractivity contribution in [3.63, 3.8) is 0 Å². The number of likely N-dealkylation sites (N-methyl/N-ethyl adjacent to an activating group) is 1. The molecule has 1 aromatic rings. The number of rotatable bonds is 5. The highest BCUT2D eigenvalue weighted by atomic mass is 16.3. The Labute approximate surface area is 101 Å². The minimum Gasteiger partial charge on any atom is -0.395 e. The second-order valence-corrected chi connectivity index (χ2v) is 3.73. The molecule has 17 heavy (non-hydrogen) atoms. The van der Waals surface area contributed by atoms with Crippen LogP contribution in [0.25, 0.3) is 0 Å². The smallest absolute Gasteiger partial charge is 0.317 e. The summed E-state index contributed by atoms with van der Waals surface area (Å²) in [5.74, 6) is 0. The molecule has 1 rings (SSSR count). The lowest BCUT2D eigenvalue weighted by Gasteiger charge is -2.20. The van der Waals surface area contributed by atoms with Gasteiger partial charge in [-0.15, -0.1) is 0 Å². The van der Waals surface area contributed by atoms with Crippen molar-refractivity contribution < 1.29 is 9.90 Å². The molecule has 0 atom stereocenters. The first kappa shape index (κ1) is 13.4. The Morgan fingerprint density at radius 3 is 2.94 bits per heavy atom. The van der Waals surface area contributed by atoms with Gasteiger partial charge < -0.3 is 15.3 Å². The third-order valence-corrected chi connectivity index (χ3v) is 2.56. The molecule has 0 radical (unpaired) electrons. The van der Waals surface area contributed by atoms with Crippen LogP contribution in [0, 0.1) is 6.92 Å². The number of carbonyl (C=O) groups is 1. The van der Waals surface area contributed by atoms with Crippen molar-refractivity contribution in [3.8, 4) is 0 Å². The van der Waals surface area contributed by atoms with Gasteiger partial charge in [-0.2, -0.15) is 0 Å². The van der Waals surface area contributed by atoms with Gasteiger partial charge in [-0.3, -0.25) is 4.98 Å². The second-order valence-electron chi connectivity index (χ2n) is 3.73. The van der Waals surface area contributed by atoms with E-state index < -0.39 is 0 Å². The minimum atomic E-state index is -0.174. The lowest BCUT2D eigenvalue weighted by molar-refractivity contribution is 0.180. The Morgan fingerprint density at radius 1 is 1.59 bits per heavy atom. The summed E-state index contributed by atoms with van der Waals surface area (Å²) in [7, 11) is 0. The quantitative estimate of drug-likeness (QED) is 0.800. The fourth-order valence-electron chi connectivity index (χ4n) is 1.50. The van der Waals surface area contributed by atoms with Crippen LogP contribution in [0.3, 0.4) is 0 Å². The largest absolute Gasteiger partial charge is 0.395 e. The van der Waals surface area contributed by atoms with Crippen LogP contribution in [-0.2, 0) is 6.54 Å². The molecule has 0 saturated carbocycles. The number of carbonyl (C=O) groups excluding carboxylic acids is 1. The number of nitrogens with one attached hydrogen (secondary N) is 1. The summed E-state index contributed by atoms with van der Waals surface area (Å²) in [5.41, 5.74) is 1.92. The zero-order valence-corrected chi connectivity index (χ0v) is 10.3. The van der Waals surface area contributed by atoms with Crippen molar-refractivity contribution in [3.05, 3.63) is 29.6 Å². The SMILES string of the molecule is CCN(CCO)C(=O)NCc1ncccc1C. The van der Waals surface area contributed by atoms with Crippen LogP contribution in [0.4, 0.5) is 4.79 Å². The van der Waals surface area contributed by atoms with Crippen LogP contribution in [0.1, 0.15) is 18.2 Å². The summed E-state index contributed by atoms with van der Waals surface area (Å²) >= 11 is 0. The first-order chi connectivity index (χ1) is 8.19. The monoisotopic (exact) mass is 237 g/mol. The van der Waals surface area contributed by atoms with E-state index in [0.717, 1.165) is 11.3 Å². The van der Waals surface area contributed by atoms with Crippen LogP contribution in [0.5, 0.6) is 0 Å². The van der Waals surface area contributed by atoms with Gasteiger partial charge in [0.15, 0.2) is 0 Å². The van der Waals surface area contributed by atoms with Gasteiger partial charge in [0.1, 0.15) is 0 Å². The van der Waals surface area contributed by atoms with E-state index >= 15 is 0 Å². The van der Waals surface area contributed by atoms with E-state index in [1.165, 1.54) is 0 Å². The van der Waals surface area contributed by atoms with E-state index in [0.29, 0.717) is 19.6 Å². The minimum absolute atomic E-state index is 0.0239. The van der Waals surface area contributed by atoms with E-state index in [1.807, 2.05) is 26.0 Å². The van der Waals surface area contributed by atoms with Gasteiger partial charge in [0.2, 0.25) is 0 Å². The molecule has 0 saturated heterocycles. The Hall–Kier alpha value is -1.62. The summed E-state index contributed by atoms with van der Waals surface area (Å²) in [5, 5.41) is 11.6. The first-order valence-corrected chi connectivity index (χ1v) is 5.73. The molecule has 0 aliphatic carbocycles. The maximum absolute atomic E-state index is 11.7. The molecule has 0 bridgehead atoms. The molecule has 2 N–H and O–H groups in total. The number of aliphatic hydroxyl groups is 1. The Bertz CT molecular complexity index is 369. The highest BCUT2D eigenvalue weighted by Gasteiger charge is 2.10. The van der Waals surface area contributed by atoms with Crippen molar-refractivity contribution in [2.45, 2.75) is 20.4 Å². The second kappa shape index (κ2) is 6.85. The molecule has 1 heterocycles. The summed E-state index contributed by atoms with van der Waals surface area (Å²) in [6, 6.07) is 3.65. The van der Waals surface area contributed by atoms with Crippen molar-refractivity contribution in [1.29, 1.82) is 0 Å². The van der Waals surface area contributed by atoms with Gasteiger partial charge in [-0.25, -0.2) is 4.79 Å².